The third-order valence-electron chi connectivity index (χ3n) is 3.33. The van der Waals surface area contributed by atoms with Crippen molar-refractivity contribution in [3.8, 4) is 0 Å². The number of sulfonamides is 1. The Kier molecular flexibility index (Phi) is 4.61. The summed E-state index contributed by atoms with van der Waals surface area (Å²) < 4.78 is 26.8. The van der Waals surface area contributed by atoms with E-state index in [2.05, 4.69) is 16.1 Å². The van der Waals surface area contributed by atoms with E-state index in [1.165, 1.54) is 12.0 Å². The molecule has 0 amide bonds. The van der Waals surface area contributed by atoms with Crippen molar-refractivity contribution in [1.82, 2.24) is 4.72 Å². The third kappa shape index (κ3) is 3.81. The minimum atomic E-state index is -3.38. The largest absolute Gasteiger partial charge is 0.388 e. The van der Waals surface area contributed by atoms with Crippen molar-refractivity contribution in [3.63, 3.8) is 0 Å². The monoisotopic (exact) mass is 280 g/mol. The number of hydrogen-bond donors (Lipinski definition) is 2. The summed E-state index contributed by atoms with van der Waals surface area (Å²) in [4.78, 5) is 0.312. The average Bonchev–Trinajstić information content (AvgIpc) is 2.92. The first-order chi connectivity index (χ1) is 9.12. The first-order valence-electron chi connectivity index (χ1n) is 6.57. The van der Waals surface area contributed by atoms with E-state index in [-0.39, 0.29) is 0 Å². The van der Waals surface area contributed by atoms with Gasteiger partial charge in [0.1, 0.15) is 0 Å². The summed E-state index contributed by atoms with van der Waals surface area (Å²) in [5.41, 5.74) is 2.27. The molecular formula is C14H20N2O2S. The van der Waals surface area contributed by atoms with Gasteiger partial charge in [-0.2, -0.15) is 0 Å². The molecule has 0 fully saturated rings. The summed E-state index contributed by atoms with van der Waals surface area (Å²) in [6, 6.07) is 6.74. The first-order valence-corrected chi connectivity index (χ1v) is 8.05. The fraction of sp³-hybridized carbons (Fsp3) is 0.429. The molecule has 0 saturated heterocycles. The fourth-order valence-corrected chi connectivity index (χ4v) is 3.23. The molecule has 0 aliphatic heterocycles. The predicted molar refractivity (Wildman–Crippen MR) is 77.7 cm³/mol. The van der Waals surface area contributed by atoms with Gasteiger partial charge in [0, 0.05) is 19.3 Å². The molecule has 0 heterocycles. The second-order valence-corrected chi connectivity index (χ2v) is 6.44. The van der Waals surface area contributed by atoms with Gasteiger partial charge in [0.15, 0.2) is 0 Å². The van der Waals surface area contributed by atoms with Gasteiger partial charge in [-0.25, -0.2) is 13.1 Å². The van der Waals surface area contributed by atoms with Crippen molar-refractivity contribution < 1.29 is 8.42 Å². The van der Waals surface area contributed by atoms with E-state index >= 15 is 0 Å². The van der Waals surface area contributed by atoms with Crippen molar-refractivity contribution >= 4 is 15.7 Å². The van der Waals surface area contributed by atoms with Crippen molar-refractivity contribution in [2.45, 2.75) is 30.6 Å². The maximum Gasteiger partial charge on any atom is 0.240 e. The van der Waals surface area contributed by atoms with Crippen LogP contribution in [0.2, 0.25) is 0 Å². The normalized spacial score (nSPS) is 15.3. The lowest BCUT2D eigenvalue weighted by Gasteiger charge is -2.08. The molecule has 104 valence electrons. The van der Waals surface area contributed by atoms with Gasteiger partial charge in [-0.3, -0.25) is 0 Å². The molecule has 0 spiro atoms. The van der Waals surface area contributed by atoms with E-state index in [9.17, 15) is 8.42 Å². The van der Waals surface area contributed by atoms with E-state index in [1.807, 2.05) is 0 Å². The first kappa shape index (κ1) is 14.1. The van der Waals surface area contributed by atoms with Gasteiger partial charge in [0.2, 0.25) is 10.0 Å². The number of nitrogens with one attached hydrogen (secondary N) is 2. The molecule has 1 aliphatic rings. The van der Waals surface area contributed by atoms with Crippen LogP contribution >= 0.6 is 0 Å². The zero-order valence-electron chi connectivity index (χ0n) is 11.1. The molecule has 0 atom stereocenters. The van der Waals surface area contributed by atoms with Gasteiger partial charge in [0.25, 0.3) is 0 Å². The zero-order valence-corrected chi connectivity index (χ0v) is 12.0. The summed E-state index contributed by atoms with van der Waals surface area (Å²) in [6.07, 6.45) is 6.48. The highest BCUT2D eigenvalue weighted by Crippen LogP contribution is 2.20. The second-order valence-electron chi connectivity index (χ2n) is 4.68. The minimum absolute atomic E-state index is 0.312. The van der Waals surface area contributed by atoms with E-state index in [4.69, 9.17) is 0 Å². The van der Waals surface area contributed by atoms with E-state index in [1.54, 1.807) is 31.3 Å². The Labute approximate surface area is 115 Å². The van der Waals surface area contributed by atoms with Crippen LogP contribution in [0.3, 0.4) is 0 Å². The van der Waals surface area contributed by atoms with Crippen LogP contribution in [-0.2, 0) is 10.0 Å². The number of benzene rings is 1. The molecule has 0 radical (unpaired) electrons. The molecule has 0 aromatic heterocycles. The van der Waals surface area contributed by atoms with Crippen LogP contribution in [0.25, 0.3) is 0 Å². The lowest BCUT2D eigenvalue weighted by atomic mass is 10.2. The second kappa shape index (κ2) is 6.21. The van der Waals surface area contributed by atoms with Gasteiger partial charge in [-0.1, -0.05) is 11.6 Å². The quantitative estimate of drug-likeness (QED) is 0.787. The van der Waals surface area contributed by atoms with Crippen molar-refractivity contribution in [2.24, 2.45) is 0 Å². The van der Waals surface area contributed by atoms with Gasteiger partial charge < -0.3 is 5.32 Å². The SMILES string of the molecule is CNc1ccc(S(=O)(=O)NCCC2=CCCC2)cc1. The van der Waals surface area contributed by atoms with Crippen LogP contribution in [-0.4, -0.2) is 22.0 Å². The predicted octanol–water partition coefficient (Wildman–Crippen LogP) is 2.51. The van der Waals surface area contributed by atoms with Gasteiger partial charge in [0.05, 0.1) is 4.90 Å². The smallest absolute Gasteiger partial charge is 0.240 e. The summed E-state index contributed by atoms with van der Waals surface area (Å²) >= 11 is 0. The van der Waals surface area contributed by atoms with Crippen LogP contribution in [0.1, 0.15) is 25.7 Å². The lowest BCUT2D eigenvalue weighted by Crippen LogP contribution is -2.25. The molecule has 19 heavy (non-hydrogen) atoms. The van der Waals surface area contributed by atoms with Crippen molar-refractivity contribution in [1.29, 1.82) is 0 Å². The highest BCUT2D eigenvalue weighted by molar-refractivity contribution is 7.89. The number of allylic oxidation sites excluding steroid dienone is 1. The highest BCUT2D eigenvalue weighted by Gasteiger charge is 2.13. The molecule has 4 nitrogen and oxygen atoms in total. The van der Waals surface area contributed by atoms with Crippen LogP contribution in [0.4, 0.5) is 5.69 Å². The molecule has 1 aliphatic carbocycles. The summed E-state index contributed by atoms with van der Waals surface area (Å²) in [5.74, 6) is 0. The Hall–Kier alpha value is -1.33. The summed E-state index contributed by atoms with van der Waals surface area (Å²) in [5, 5.41) is 2.96. The van der Waals surface area contributed by atoms with Crippen LogP contribution in [0.5, 0.6) is 0 Å². The van der Waals surface area contributed by atoms with Crippen molar-refractivity contribution in [2.75, 3.05) is 18.9 Å². The van der Waals surface area contributed by atoms with E-state index in [0.717, 1.165) is 24.9 Å². The Morgan fingerprint density at radius 1 is 1.21 bits per heavy atom. The Morgan fingerprint density at radius 2 is 1.95 bits per heavy atom. The molecule has 0 bridgehead atoms. The number of anilines is 1. The average molecular weight is 280 g/mol. The number of rotatable bonds is 6. The van der Waals surface area contributed by atoms with Gasteiger partial charge >= 0.3 is 0 Å². The molecule has 0 unspecified atom stereocenters. The molecule has 0 saturated carbocycles. The van der Waals surface area contributed by atoms with Crippen LogP contribution < -0.4 is 10.0 Å². The van der Waals surface area contributed by atoms with Crippen LogP contribution in [0, 0.1) is 0 Å². The molecule has 2 N–H and O–H groups in total. The molecule has 1 aromatic carbocycles. The molecule has 5 heteroatoms. The van der Waals surface area contributed by atoms with Crippen molar-refractivity contribution in [3.05, 3.63) is 35.9 Å². The summed E-state index contributed by atoms with van der Waals surface area (Å²) in [6.45, 7) is 0.474. The number of hydrogen-bond acceptors (Lipinski definition) is 3. The summed E-state index contributed by atoms with van der Waals surface area (Å²) in [7, 11) is -1.58. The fourth-order valence-electron chi connectivity index (χ4n) is 2.19. The van der Waals surface area contributed by atoms with Gasteiger partial charge in [-0.05, 0) is 49.9 Å². The third-order valence-corrected chi connectivity index (χ3v) is 4.80. The molecule has 1 aromatic rings. The zero-order chi connectivity index (χ0) is 13.7. The van der Waals surface area contributed by atoms with E-state index < -0.39 is 10.0 Å². The minimum Gasteiger partial charge on any atom is -0.388 e. The Balaban J connectivity index is 1.93. The van der Waals surface area contributed by atoms with E-state index in [0.29, 0.717) is 11.4 Å². The van der Waals surface area contributed by atoms with Gasteiger partial charge in [-0.15, -0.1) is 0 Å². The maximum atomic E-state index is 12.1. The Bertz CT molecular complexity index is 547. The Morgan fingerprint density at radius 3 is 2.53 bits per heavy atom. The molecular weight excluding hydrogens is 260 g/mol. The maximum absolute atomic E-state index is 12.1. The highest BCUT2D eigenvalue weighted by atomic mass is 32.2. The van der Waals surface area contributed by atoms with Crippen LogP contribution in [0.15, 0.2) is 40.8 Å². The standard InChI is InChI=1S/C14H20N2O2S/c1-15-13-6-8-14(9-7-13)19(17,18)16-11-10-12-4-2-3-5-12/h4,6-9,15-16H,2-3,5,10-11H2,1H3. The molecule has 2 rings (SSSR count). The lowest BCUT2D eigenvalue weighted by molar-refractivity contribution is 0.581. The topological polar surface area (TPSA) is 58.2 Å².